The van der Waals surface area contributed by atoms with E-state index in [0.29, 0.717) is 18.9 Å². The topological polar surface area (TPSA) is 100 Å². The number of nitrogens with zero attached hydrogens (tertiary/aromatic N) is 3. The van der Waals surface area contributed by atoms with E-state index < -0.39 is 4.92 Å². The second kappa shape index (κ2) is 8.42. The molecule has 126 valence electrons. The lowest BCUT2D eigenvalue weighted by atomic mass is 10.0. The first kappa shape index (κ1) is 17.1. The van der Waals surface area contributed by atoms with Gasteiger partial charge in [-0.05, 0) is 25.3 Å². The number of hydrogen-bond donors (Lipinski definition) is 2. The SMILES string of the molecule is CCCNC(=O)CN1CCC(Nc2ncccc2[N+](=O)[O-])CC1. The second-order valence-corrected chi connectivity index (χ2v) is 5.67. The van der Waals surface area contributed by atoms with E-state index in [9.17, 15) is 14.9 Å². The molecule has 23 heavy (non-hydrogen) atoms. The van der Waals surface area contributed by atoms with Crippen LogP contribution in [0.3, 0.4) is 0 Å². The average molecular weight is 321 g/mol. The van der Waals surface area contributed by atoms with Crippen molar-refractivity contribution in [2.45, 2.75) is 32.2 Å². The fourth-order valence-corrected chi connectivity index (χ4v) is 2.61. The van der Waals surface area contributed by atoms with Crippen LogP contribution in [0.4, 0.5) is 11.5 Å². The summed E-state index contributed by atoms with van der Waals surface area (Å²) in [6, 6.07) is 3.14. The van der Waals surface area contributed by atoms with Gasteiger partial charge >= 0.3 is 5.69 Å². The molecule has 8 heteroatoms. The van der Waals surface area contributed by atoms with Crippen molar-refractivity contribution in [3.8, 4) is 0 Å². The zero-order valence-corrected chi connectivity index (χ0v) is 13.3. The molecule has 0 radical (unpaired) electrons. The molecule has 1 saturated heterocycles. The molecule has 2 heterocycles. The summed E-state index contributed by atoms with van der Waals surface area (Å²) in [4.78, 5) is 28.4. The molecule has 0 saturated carbocycles. The molecule has 1 aromatic rings. The Morgan fingerprint density at radius 2 is 2.22 bits per heavy atom. The van der Waals surface area contributed by atoms with E-state index in [0.717, 1.165) is 32.4 Å². The summed E-state index contributed by atoms with van der Waals surface area (Å²) >= 11 is 0. The third kappa shape index (κ3) is 5.17. The third-order valence-electron chi connectivity index (χ3n) is 3.85. The highest BCUT2D eigenvalue weighted by atomic mass is 16.6. The quantitative estimate of drug-likeness (QED) is 0.581. The number of aromatic nitrogens is 1. The third-order valence-corrected chi connectivity index (χ3v) is 3.85. The van der Waals surface area contributed by atoms with Crippen molar-refractivity contribution >= 4 is 17.4 Å². The van der Waals surface area contributed by atoms with Gasteiger partial charge in [0.25, 0.3) is 0 Å². The molecule has 0 atom stereocenters. The average Bonchev–Trinajstić information content (AvgIpc) is 2.55. The number of rotatable bonds is 7. The van der Waals surface area contributed by atoms with Gasteiger partial charge in [-0.3, -0.25) is 19.8 Å². The van der Waals surface area contributed by atoms with Gasteiger partial charge < -0.3 is 10.6 Å². The smallest absolute Gasteiger partial charge is 0.311 e. The van der Waals surface area contributed by atoms with Gasteiger partial charge in [0.15, 0.2) is 0 Å². The predicted octanol–water partition coefficient (Wildman–Crippen LogP) is 1.39. The number of nitrogens with one attached hydrogen (secondary N) is 2. The maximum Gasteiger partial charge on any atom is 0.311 e. The number of nitro groups is 1. The largest absolute Gasteiger partial charge is 0.362 e. The highest BCUT2D eigenvalue weighted by Crippen LogP contribution is 2.23. The van der Waals surface area contributed by atoms with Gasteiger partial charge in [-0.2, -0.15) is 0 Å². The van der Waals surface area contributed by atoms with Gasteiger partial charge in [-0.1, -0.05) is 6.92 Å². The Labute approximate surface area is 135 Å². The molecular formula is C15H23N5O3. The summed E-state index contributed by atoms with van der Waals surface area (Å²) in [5, 5.41) is 17.0. The number of carbonyl (C=O) groups excluding carboxylic acids is 1. The second-order valence-electron chi connectivity index (χ2n) is 5.67. The molecular weight excluding hydrogens is 298 g/mol. The minimum atomic E-state index is -0.428. The lowest BCUT2D eigenvalue weighted by Gasteiger charge is -2.31. The van der Waals surface area contributed by atoms with E-state index in [1.54, 1.807) is 12.3 Å². The predicted molar refractivity (Wildman–Crippen MR) is 87.3 cm³/mol. The zero-order chi connectivity index (χ0) is 16.7. The molecule has 1 aromatic heterocycles. The molecule has 0 aliphatic carbocycles. The summed E-state index contributed by atoms with van der Waals surface area (Å²) < 4.78 is 0. The highest BCUT2D eigenvalue weighted by Gasteiger charge is 2.23. The van der Waals surface area contributed by atoms with Gasteiger partial charge in [0, 0.05) is 37.9 Å². The van der Waals surface area contributed by atoms with Crippen LogP contribution < -0.4 is 10.6 Å². The summed E-state index contributed by atoms with van der Waals surface area (Å²) in [5.74, 6) is 0.371. The van der Waals surface area contributed by atoms with Crippen LogP contribution in [0, 0.1) is 10.1 Å². The molecule has 2 rings (SSSR count). The number of anilines is 1. The number of hydrogen-bond acceptors (Lipinski definition) is 6. The molecule has 1 amide bonds. The number of carbonyl (C=O) groups is 1. The first-order chi connectivity index (χ1) is 11.1. The van der Waals surface area contributed by atoms with E-state index in [-0.39, 0.29) is 17.6 Å². The number of pyridine rings is 1. The van der Waals surface area contributed by atoms with Crippen molar-refractivity contribution in [1.82, 2.24) is 15.2 Å². The highest BCUT2D eigenvalue weighted by molar-refractivity contribution is 5.77. The maximum absolute atomic E-state index is 11.7. The monoisotopic (exact) mass is 321 g/mol. The molecule has 8 nitrogen and oxygen atoms in total. The van der Waals surface area contributed by atoms with E-state index >= 15 is 0 Å². The Balaban J connectivity index is 1.81. The minimum absolute atomic E-state index is 0.00567. The van der Waals surface area contributed by atoms with Crippen molar-refractivity contribution in [3.05, 3.63) is 28.4 Å². The van der Waals surface area contributed by atoms with Crippen LogP contribution in [0.5, 0.6) is 0 Å². The normalized spacial score (nSPS) is 16.0. The Morgan fingerprint density at radius 3 is 2.87 bits per heavy atom. The van der Waals surface area contributed by atoms with Crippen LogP contribution >= 0.6 is 0 Å². The van der Waals surface area contributed by atoms with Crippen LogP contribution in [-0.2, 0) is 4.79 Å². The Kier molecular flexibility index (Phi) is 6.28. The van der Waals surface area contributed by atoms with Crippen molar-refractivity contribution < 1.29 is 9.72 Å². The van der Waals surface area contributed by atoms with Crippen molar-refractivity contribution in [1.29, 1.82) is 0 Å². The van der Waals surface area contributed by atoms with E-state index in [2.05, 4.69) is 20.5 Å². The molecule has 1 aliphatic rings. The van der Waals surface area contributed by atoms with Gasteiger partial charge in [0.05, 0.1) is 11.5 Å². The summed E-state index contributed by atoms with van der Waals surface area (Å²) in [6.07, 6.45) is 4.13. The minimum Gasteiger partial charge on any atom is -0.362 e. The molecule has 0 unspecified atom stereocenters. The molecule has 0 bridgehead atoms. The van der Waals surface area contributed by atoms with Crippen LogP contribution in [0.15, 0.2) is 18.3 Å². The molecule has 1 aliphatic heterocycles. The van der Waals surface area contributed by atoms with Gasteiger partial charge in [0.1, 0.15) is 0 Å². The van der Waals surface area contributed by atoms with Crippen LogP contribution in [0.1, 0.15) is 26.2 Å². The first-order valence-corrected chi connectivity index (χ1v) is 7.95. The van der Waals surface area contributed by atoms with Gasteiger partial charge in [-0.15, -0.1) is 0 Å². The fraction of sp³-hybridized carbons (Fsp3) is 0.600. The summed E-state index contributed by atoms with van der Waals surface area (Å²) in [6.45, 7) is 4.72. The van der Waals surface area contributed by atoms with Crippen molar-refractivity contribution in [3.63, 3.8) is 0 Å². The van der Waals surface area contributed by atoms with E-state index in [4.69, 9.17) is 0 Å². The number of likely N-dealkylation sites (tertiary alicyclic amines) is 1. The van der Waals surface area contributed by atoms with Crippen LogP contribution in [0.25, 0.3) is 0 Å². The Hall–Kier alpha value is -2.22. The van der Waals surface area contributed by atoms with E-state index in [1.165, 1.54) is 6.07 Å². The van der Waals surface area contributed by atoms with E-state index in [1.807, 2.05) is 6.92 Å². The Morgan fingerprint density at radius 1 is 1.48 bits per heavy atom. The first-order valence-electron chi connectivity index (χ1n) is 7.95. The molecule has 0 spiro atoms. The van der Waals surface area contributed by atoms with Gasteiger partial charge in [0.2, 0.25) is 11.7 Å². The summed E-state index contributed by atoms with van der Waals surface area (Å²) in [7, 11) is 0. The van der Waals surface area contributed by atoms with Crippen LogP contribution in [0.2, 0.25) is 0 Å². The molecule has 0 aromatic carbocycles. The molecule has 2 N–H and O–H groups in total. The lowest BCUT2D eigenvalue weighted by Crippen LogP contribution is -2.44. The summed E-state index contributed by atoms with van der Waals surface area (Å²) in [5.41, 5.74) is -0.00567. The van der Waals surface area contributed by atoms with Crippen LogP contribution in [-0.4, -0.2) is 52.9 Å². The van der Waals surface area contributed by atoms with Crippen molar-refractivity contribution in [2.24, 2.45) is 0 Å². The lowest BCUT2D eigenvalue weighted by molar-refractivity contribution is -0.384. The standard InChI is InChI=1S/C15H23N5O3/c1-2-7-16-14(21)11-19-9-5-12(6-10-19)18-15-13(20(22)23)4-3-8-17-15/h3-4,8,12H,2,5-7,9-11H2,1H3,(H,16,21)(H,17,18). The van der Waals surface area contributed by atoms with Gasteiger partial charge in [-0.25, -0.2) is 4.98 Å². The molecule has 1 fully saturated rings. The number of piperidine rings is 1. The van der Waals surface area contributed by atoms with Crippen molar-refractivity contribution in [2.75, 3.05) is 31.5 Å². The Bertz CT molecular complexity index is 544. The maximum atomic E-state index is 11.7. The fourth-order valence-electron chi connectivity index (χ4n) is 2.61. The number of amides is 1. The zero-order valence-electron chi connectivity index (χ0n) is 13.3.